The van der Waals surface area contributed by atoms with Crippen LogP contribution in [0.2, 0.25) is 0 Å². The standard InChI is InChI=1S/C14H22N2O2/c1-10(17)5-6-13(15)14(18)9-16-7-11-3-2-4-12(11)8-16/h5-6,11-12,17H,2-4,7-9,15H2,1H3/b10-5+,13-6-. The van der Waals surface area contributed by atoms with Gasteiger partial charge in [0.05, 0.1) is 18.0 Å². The van der Waals surface area contributed by atoms with Gasteiger partial charge in [-0.05, 0) is 43.8 Å². The smallest absolute Gasteiger partial charge is 0.192 e. The van der Waals surface area contributed by atoms with Crippen molar-refractivity contribution in [1.29, 1.82) is 0 Å². The molecular weight excluding hydrogens is 228 g/mol. The van der Waals surface area contributed by atoms with Crippen LogP contribution in [0.3, 0.4) is 0 Å². The number of ketones is 1. The first-order valence-electron chi connectivity index (χ1n) is 6.65. The molecule has 0 amide bonds. The van der Waals surface area contributed by atoms with E-state index >= 15 is 0 Å². The van der Waals surface area contributed by atoms with E-state index in [4.69, 9.17) is 10.8 Å². The Kier molecular flexibility index (Phi) is 4.07. The molecule has 1 saturated carbocycles. The number of nitrogens with two attached hydrogens (primary N) is 1. The van der Waals surface area contributed by atoms with Crippen LogP contribution in [0.5, 0.6) is 0 Å². The molecule has 4 heteroatoms. The Morgan fingerprint density at radius 1 is 1.33 bits per heavy atom. The first kappa shape index (κ1) is 13.1. The molecular formula is C14H22N2O2. The van der Waals surface area contributed by atoms with Gasteiger partial charge in [0, 0.05) is 13.1 Å². The molecule has 100 valence electrons. The van der Waals surface area contributed by atoms with Crippen molar-refractivity contribution < 1.29 is 9.90 Å². The van der Waals surface area contributed by atoms with Crippen LogP contribution in [0.15, 0.2) is 23.6 Å². The Balaban J connectivity index is 1.85. The van der Waals surface area contributed by atoms with Crippen LogP contribution in [-0.4, -0.2) is 35.4 Å². The van der Waals surface area contributed by atoms with E-state index in [0.29, 0.717) is 6.54 Å². The summed E-state index contributed by atoms with van der Waals surface area (Å²) < 4.78 is 0. The van der Waals surface area contributed by atoms with Gasteiger partial charge in [0.25, 0.3) is 0 Å². The van der Waals surface area contributed by atoms with Crippen LogP contribution < -0.4 is 5.73 Å². The second-order valence-electron chi connectivity index (χ2n) is 5.50. The zero-order valence-electron chi connectivity index (χ0n) is 10.9. The molecule has 2 unspecified atom stereocenters. The number of allylic oxidation sites excluding steroid dienone is 3. The summed E-state index contributed by atoms with van der Waals surface area (Å²) in [6.45, 7) is 4.04. The van der Waals surface area contributed by atoms with Crippen molar-refractivity contribution in [2.75, 3.05) is 19.6 Å². The Bertz CT molecular complexity index is 371. The van der Waals surface area contributed by atoms with E-state index in [2.05, 4.69) is 4.90 Å². The minimum atomic E-state index is -0.0486. The number of carbonyl (C=O) groups excluding carboxylic acids is 1. The number of rotatable bonds is 4. The summed E-state index contributed by atoms with van der Waals surface area (Å²) in [5.41, 5.74) is 5.91. The largest absolute Gasteiger partial charge is 0.513 e. The molecule has 0 aromatic rings. The maximum absolute atomic E-state index is 11.9. The van der Waals surface area contributed by atoms with Gasteiger partial charge >= 0.3 is 0 Å². The predicted octanol–water partition coefficient (Wildman–Crippen LogP) is 1.59. The molecule has 0 spiro atoms. The average molecular weight is 250 g/mol. The summed E-state index contributed by atoms with van der Waals surface area (Å²) in [6, 6.07) is 0. The van der Waals surface area contributed by atoms with Crippen LogP contribution in [0, 0.1) is 11.8 Å². The van der Waals surface area contributed by atoms with Gasteiger partial charge in [-0.3, -0.25) is 9.69 Å². The summed E-state index contributed by atoms with van der Waals surface area (Å²) in [5.74, 6) is 1.69. The third-order valence-corrected chi connectivity index (χ3v) is 4.00. The van der Waals surface area contributed by atoms with Crippen LogP contribution in [0.4, 0.5) is 0 Å². The first-order valence-corrected chi connectivity index (χ1v) is 6.65. The number of likely N-dealkylation sites (tertiary alicyclic amines) is 1. The van der Waals surface area contributed by atoms with Crippen molar-refractivity contribution in [3.8, 4) is 0 Å². The van der Waals surface area contributed by atoms with Crippen molar-refractivity contribution in [2.24, 2.45) is 17.6 Å². The fourth-order valence-electron chi connectivity index (χ4n) is 3.06. The number of hydrogen-bond donors (Lipinski definition) is 2. The van der Waals surface area contributed by atoms with Crippen molar-refractivity contribution in [2.45, 2.75) is 26.2 Å². The second kappa shape index (κ2) is 5.57. The van der Waals surface area contributed by atoms with E-state index < -0.39 is 0 Å². The van der Waals surface area contributed by atoms with Crippen molar-refractivity contribution in [1.82, 2.24) is 4.90 Å². The maximum atomic E-state index is 11.9. The summed E-state index contributed by atoms with van der Waals surface area (Å²) in [7, 11) is 0. The summed E-state index contributed by atoms with van der Waals surface area (Å²) in [5, 5.41) is 9.02. The molecule has 0 radical (unpaired) electrons. The molecule has 4 nitrogen and oxygen atoms in total. The molecule has 0 aromatic carbocycles. The fraction of sp³-hybridized carbons (Fsp3) is 0.643. The van der Waals surface area contributed by atoms with Crippen molar-refractivity contribution >= 4 is 5.78 Å². The Labute approximate surface area is 108 Å². The van der Waals surface area contributed by atoms with Gasteiger partial charge in [0.2, 0.25) is 0 Å². The Morgan fingerprint density at radius 3 is 2.50 bits per heavy atom. The van der Waals surface area contributed by atoms with E-state index in [0.717, 1.165) is 24.9 Å². The van der Waals surface area contributed by atoms with Gasteiger partial charge < -0.3 is 10.8 Å². The molecule has 2 fully saturated rings. The monoisotopic (exact) mass is 250 g/mol. The summed E-state index contributed by atoms with van der Waals surface area (Å²) in [6.07, 6.45) is 6.90. The van der Waals surface area contributed by atoms with E-state index in [1.165, 1.54) is 31.4 Å². The summed E-state index contributed by atoms with van der Waals surface area (Å²) >= 11 is 0. The van der Waals surface area contributed by atoms with Crippen LogP contribution in [0.1, 0.15) is 26.2 Å². The van der Waals surface area contributed by atoms with E-state index in [1.807, 2.05) is 0 Å². The fourth-order valence-corrected chi connectivity index (χ4v) is 3.06. The van der Waals surface area contributed by atoms with E-state index in [9.17, 15) is 4.79 Å². The third-order valence-electron chi connectivity index (χ3n) is 4.00. The number of hydrogen-bond acceptors (Lipinski definition) is 4. The minimum Gasteiger partial charge on any atom is -0.513 e. The third kappa shape index (κ3) is 3.13. The number of aliphatic hydroxyl groups is 1. The van der Waals surface area contributed by atoms with Gasteiger partial charge in [-0.15, -0.1) is 0 Å². The molecule has 0 aromatic heterocycles. The normalized spacial score (nSPS) is 29.6. The summed E-state index contributed by atoms with van der Waals surface area (Å²) in [4.78, 5) is 14.1. The SMILES string of the molecule is C/C(O)=C\C=C(/N)C(=O)CN1CC2CCCC2C1. The molecule has 1 heterocycles. The highest BCUT2D eigenvalue weighted by Crippen LogP contribution is 2.37. The van der Waals surface area contributed by atoms with Gasteiger partial charge in [-0.1, -0.05) is 6.42 Å². The number of Topliss-reactive ketones (excluding diaryl/α,β-unsaturated/α-hetero) is 1. The lowest BCUT2D eigenvalue weighted by Gasteiger charge is -2.15. The highest BCUT2D eigenvalue weighted by molar-refractivity contribution is 5.96. The maximum Gasteiger partial charge on any atom is 0.192 e. The van der Waals surface area contributed by atoms with Gasteiger partial charge in [-0.25, -0.2) is 0 Å². The zero-order valence-corrected chi connectivity index (χ0v) is 10.9. The van der Waals surface area contributed by atoms with E-state index in [1.54, 1.807) is 6.92 Å². The van der Waals surface area contributed by atoms with Gasteiger partial charge in [-0.2, -0.15) is 0 Å². The highest BCUT2D eigenvalue weighted by atomic mass is 16.3. The molecule has 2 atom stereocenters. The lowest BCUT2D eigenvalue weighted by atomic mass is 10.0. The number of carbonyl (C=O) groups is 1. The molecule has 1 aliphatic heterocycles. The molecule has 2 aliphatic rings. The number of nitrogens with zero attached hydrogens (tertiary/aromatic N) is 1. The molecule has 0 bridgehead atoms. The van der Waals surface area contributed by atoms with Crippen LogP contribution in [0.25, 0.3) is 0 Å². The Hall–Kier alpha value is -1.29. The number of aliphatic hydroxyl groups excluding tert-OH is 1. The highest BCUT2D eigenvalue weighted by Gasteiger charge is 2.36. The van der Waals surface area contributed by atoms with Crippen LogP contribution >= 0.6 is 0 Å². The molecule has 1 saturated heterocycles. The zero-order chi connectivity index (χ0) is 13.1. The predicted molar refractivity (Wildman–Crippen MR) is 70.9 cm³/mol. The van der Waals surface area contributed by atoms with Crippen LogP contribution in [-0.2, 0) is 4.79 Å². The minimum absolute atomic E-state index is 0.0486. The second-order valence-corrected chi connectivity index (χ2v) is 5.50. The lowest BCUT2D eigenvalue weighted by Crippen LogP contribution is -2.31. The first-order chi connectivity index (χ1) is 8.56. The average Bonchev–Trinajstić information content (AvgIpc) is 2.85. The quantitative estimate of drug-likeness (QED) is 0.452. The molecule has 18 heavy (non-hydrogen) atoms. The Morgan fingerprint density at radius 2 is 1.94 bits per heavy atom. The lowest BCUT2D eigenvalue weighted by molar-refractivity contribution is -0.116. The van der Waals surface area contributed by atoms with Crippen molar-refractivity contribution in [3.63, 3.8) is 0 Å². The topological polar surface area (TPSA) is 66.6 Å². The number of fused-ring (bicyclic) bond motifs is 1. The molecule has 2 rings (SSSR count). The molecule has 3 N–H and O–H groups in total. The van der Waals surface area contributed by atoms with Gasteiger partial charge in [0.1, 0.15) is 0 Å². The van der Waals surface area contributed by atoms with E-state index in [-0.39, 0.29) is 17.2 Å². The molecule has 1 aliphatic carbocycles. The van der Waals surface area contributed by atoms with Gasteiger partial charge in [0.15, 0.2) is 5.78 Å². The van der Waals surface area contributed by atoms with Crippen molar-refractivity contribution in [3.05, 3.63) is 23.6 Å².